The number of hydrogen-bond acceptors (Lipinski definition) is 5. The maximum Gasteiger partial charge on any atom is 0.234 e. The summed E-state index contributed by atoms with van der Waals surface area (Å²) in [6, 6.07) is 14.7. The van der Waals surface area contributed by atoms with E-state index in [0.29, 0.717) is 34.0 Å². The first-order chi connectivity index (χ1) is 13.1. The molecule has 0 aliphatic heterocycles. The van der Waals surface area contributed by atoms with Gasteiger partial charge in [-0.2, -0.15) is 0 Å². The van der Waals surface area contributed by atoms with E-state index in [0.717, 1.165) is 5.56 Å². The van der Waals surface area contributed by atoms with Gasteiger partial charge in [0.2, 0.25) is 5.91 Å². The number of halogens is 1. The van der Waals surface area contributed by atoms with Crippen molar-refractivity contribution in [1.82, 2.24) is 14.8 Å². The van der Waals surface area contributed by atoms with Crippen LogP contribution >= 0.6 is 23.4 Å². The van der Waals surface area contributed by atoms with E-state index >= 15 is 0 Å². The molecule has 3 aromatic rings. The van der Waals surface area contributed by atoms with E-state index in [1.54, 1.807) is 13.2 Å². The lowest BCUT2D eigenvalue weighted by atomic mass is 10.2. The van der Waals surface area contributed by atoms with Gasteiger partial charge in [-0.1, -0.05) is 41.6 Å². The Balaban J connectivity index is 1.69. The van der Waals surface area contributed by atoms with Crippen LogP contribution in [-0.4, -0.2) is 33.5 Å². The molecule has 0 fully saturated rings. The molecule has 1 N–H and O–H groups in total. The van der Waals surface area contributed by atoms with Crippen LogP contribution in [0.1, 0.15) is 6.92 Å². The molecular formula is C19H19ClN4O2S. The molecule has 8 heteroatoms. The monoisotopic (exact) mass is 402 g/mol. The molecule has 0 spiro atoms. The summed E-state index contributed by atoms with van der Waals surface area (Å²) >= 11 is 7.61. The van der Waals surface area contributed by atoms with Crippen molar-refractivity contribution in [2.45, 2.75) is 18.6 Å². The number of carbonyl (C=O) groups excluding carboxylic acids is 1. The molecule has 0 aliphatic carbocycles. The van der Waals surface area contributed by atoms with Crippen LogP contribution in [-0.2, 0) is 11.3 Å². The minimum atomic E-state index is -0.127. The third-order valence-electron chi connectivity index (χ3n) is 3.83. The van der Waals surface area contributed by atoms with Gasteiger partial charge in [0.25, 0.3) is 0 Å². The molecule has 0 saturated heterocycles. The van der Waals surface area contributed by atoms with Gasteiger partial charge in [0, 0.05) is 23.9 Å². The minimum Gasteiger partial charge on any atom is -0.497 e. The van der Waals surface area contributed by atoms with Crippen LogP contribution in [0.4, 0.5) is 5.69 Å². The number of amides is 1. The van der Waals surface area contributed by atoms with Crippen molar-refractivity contribution >= 4 is 35.0 Å². The van der Waals surface area contributed by atoms with Crippen molar-refractivity contribution in [3.8, 4) is 17.1 Å². The van der Waals surface area contributed by atoms with E-state index in [-0.39, 0.29) is 11.7 Å². The quantitative estimate of drug-likeness (QED) is 0.594. The second-order valence-corrected chi connectivity index (χ2v) is 6.95. The number of carbonyl (C=O) groups is 1. The predicted octanol–water partition coefficient (Wildman–Crippen LogP) is 4.36. The normalized spacial score (nSPS) is 10.6. The summed E-state index contributed by atoms with van der Waals surface area (Å²) in [6.45, 7) is 2.68. The number of aromatic nitrogens is 3. The molecule has 1 heterocycles. The van der Waals surface area contributed by atoms with Gasteiger partial charge in [-0.25, -0.2) is 0 Å². The Morgan fingerprint density at radius 1 is 1.22 bits per heavy atom. The van der Waals surface area contributed by atoms with Gasteiger partial charge in [0.1, 0.15) is 5.75 Å². The lowest BCUT2D eigenvalue weighted by molar-refractivity contribution is -0.113. The number of methoxy groups -OCH3 is 1. The highest BCUT2D eigenvalue weighted by Gasteiger charge is 2.16. The first-order valence-corrected chi connectivity index (χ1v) is 9.73. The van der Waals surface area contributed by atoms with Crippen molar-refractivity contribution in [3.05, 3.63) is 53.6 Å². The molecule has 2 aromatic carbocycles. The van der Waals surface area contributed by atoms with Crippen LogP contribution in [0.3, 0.4) is 0 Å². The van der Waals surface area contributed by atoms with Crippen LogP contribution < -0.4 is 10.1 Å². The summed E-state index contributed by atoms with van der Waals surface area (Å²) in [7, 11) is 1.59. The van der Waals surface area contributed by atoms with Gasteiger partial charge in [-0.15, -0.1) is 10.2 Å². The van der Waals surface area contributed by atoms with Gasteiger partial charge < -0.3 is 14.6 Å². The van der Waals surface area contributed by atoms with Gasteiger partial charge in [-0.3, -0.25) is 4.79 Å². The van der Waals surface area contributed by atoms with E-state index in [1.165, 1.54) is 11.8 Å². The number of nitrogens with zero attached hydrogens (tertiary/aromatic N) is 3. The number of ether oxygens (including phenoxy) is 1. The van der Waals surface area contributed by atoms with Crippen molar-refractivity contribution < 1.29 is 9.53 Å². The Kier molecular flexibility index (Phi) is 6.36. The third-order valence-corrected chi connectivity index (χ3v) is 5.13. The number of anilines is 1. The summed E-state index contributed by atoms with van der Waals surface area (Å²) in [5.41, 5.74) is 1.51. The first-order valence-electron chi connectivity index (χ1n) is 8.37. The number of thioether (sulfide) groups is 1. The van der Waals surface area contributed by atoms with E-state index in [4.69, 9.17) is 16.3 Å². The van der Waals surface area contributed by atoms with Crippen LogP contribution in [0.25, 0.3) is 11.4 Å². The fraction of sp³-hybridized carbons (Fsp3) is 0.211. The summed E-state index contributed by atoms with van der Waals surface area (Å²) in [6.07, 6.45) is 0. The number of hydrogen-bond donors (Lipinski definition) is 1. The SMILES string of the molecule is CCn1c(SCC(=O)Nc2cccc(OC)c2)nnc1-c1ccccc1Cl. The van der Waals surface area contributed by atoms with Crippen molar-refractivity contribution in [2.24, 2.45) is 0 Å². The highest BCUT2D eigenvalue weighted by molar-refractivity contribution is 7.99. The average molecular weight is 403 g/mol. The van der Waals surface area contributed by atoms with E-state index in [2.05, 4.69) is 15.5 Å². The van der Waals surface area contributed by atoms with Gasteiger partial charge in [0.05, 0.1) is 17.9 Å². The second kappa shape index (κ2) is 8.92. The first kappa shape index (κ1) is 19.3. The number of nitrogens with one attached hydrogen (secondary N) is 1. The van der Waals surface area contributed by atoms with Gasteiger partial charge in [-0.05, 0) is 31.2 Å². The van der Waals surface area contributed by atoms with Crippen molar-refractivity contribution in [1.29, 1.82) is 0 Å². The van der Waals surface area contributed by atoms with Gasteiger partial charge in [0.15, 0.2) is 11.0 Å². The average Bonchev–Trinajstić information content (AvgIpc) is 3.09. The van der Waals surface area contributed by atoms with Crippen LogP contribution in [0.15, 0.2) is 53.7 Å². The standard InChI is InChI=1S/C19H19ClN4O2S/c1-3-24-18(15-9-4-5-10-16(15)20)22-23-19(24)27-12-17(25)21-13-7-6-8-14(11-13)26-2/h4-11H,3,12H2,1-2H3,(H,21,25). The molecule has 0 radical (unpaired) electrons. The van der Waals surface area contributed by atoms with Crippen LogP contribution in [0.5, 0.6) is 5.75 Å². The lowest BCUT2D eigenvalue weighted by Crippen LogP contribution is -2.14. The molecule has 0 unspecified atom stereocenters. The zero-order chi connectivity index (χ0) is 19.2. The van der Waals surface area contributed by atoms with E-state index in [1.807, 2.05) is 54.0 Å². The zero-order valence-electron chi connectivity index (χ0n) is 15.0. The molecule has 0 bridgehead atoms. The molecule has 0 aliphatic rings. The maximum absolute atomic E-state index is 12.3. The molecule has 27 heavy (non-hydrogen) atoms. The van der Waals surface area contributed by atoms with Crippen molar-refractivity contribution in [3.63, 3.8) is 0 Å². The smallest absolute Gasteiger partial charge is 0.234 e. The fourth-order valence-electron chi connectivity index (χ4n) is 2.55. The Hall–Kier alpha value is -2.51. The van der Waals surface area contributed by atoms with Crippen LogP contribution in [0.2, 0.25) is 5.02 Å². The molecule has 0 saturated carbocycles. The summed E-state index contributed by atoms with van der Waals surface area (Å²) in [5, 5.41) is 12.6. The van der Waals surface area contributed by atoms with Crippen LogP contribution in [0, 0.1) is 0 Å². The Labute approximate surface area is 166 Å². The minimum absolute atomic E-state index is 0.127. The Bertz CT molecular complexity index is 945. The third kappa shape index (κ3) is 4.61. The highest BCUT2D eigenvalue weighted by Crippen LogP contribution is 2.29. The van der Waals surface area contributed by atoms with E-state index < -0.39 is 0 Å². The second-order valence-electron chi connectivity index (χ2n) is 5.60. The lowest BCUT2D eigenvalue weighted by Gasteiger charge is -2.09. The molecule has 6 nitrogen and oxygen atoms in total. The molecule has 1 aromatic heterocycles. The maximum atomic E-state index is 12.3. The molecule has 140 valence electrons. The topological polar surface area (TPSA) is 69.0 Å². The number of rotatable bonds is 7. The van der Waals surface area contributed by atoms with Gasteiger partial charge >= 0.3 is 0 Å². The largest absolute Gasteiger partial charge is 0.497 e. The van der Waals surface area contributed by atoms with Crippen molar-refractivity contribution in [2.75, 3.05) is 18.2 Å². The summed E-state index contributed by atoms with van der Waals surface area (Å²) in [4.78, 5) is 12.3. The molecule has 0 atom stereocenters. The molecular weight excluding hydrogens is 384 g/mol. The summed E-state index contributed by atoms with van der Waals surface area (Å²) < 4.78 is 7.11. The Morgan fingerprint density at radius 2 is 2.04 bits per heavy atom. The summed E-state index contributed by atoms with van der Waals surface area (Å²) in [5.74, 6) is 1.48. The fourth-order valence-corrected chi connectivity index (χ4v) is 3.57. The molecule has 3 rings (SSSR count). The predicted molar refractivity (Wildman–Crippen MR) is 108 cm³/mol. The molecule has 1 amide bonds. The van der Waals surface area contributed by atoms with E-state index in [9.17, 15) is 4.79 Å². The Morgan fingerprint density at radius 3 is 2.78 bits per heavy atom. The highest BCUT2D eigenvalue weighted by atomic mass is 35.5. The number of benzene rings is 2. The zero-order valence-corrected chi connectivity index (χ0v) is 16.5.